The molecule has 2 unspecified atom stereocenters. The van der Waals surface area contributed by atoms with E-state index < -0.39 is 71.8 Å². The Morgan fingerprint density at radius 2 is 1.82 bits per heavy atom. The summed E-state index contributed by atoms with van der Waals surface area (Å²) in [7, 11) is 1.61. The molecule has 8 rings (SSSR count). The molecule has 0 radical (unpaired) electrons. The molecule has 2 aromatic carbocycles. The number of pyridine rings is 1. The van der Waals surface area contributed by atoms with E-state index in [1.54, 1.807) is 32.5 Å². The molecule has 0 saturated heterocycles. The third-order valence-electron chi connectivity index (χ3n) is 10.3. The summed E-state index contributed by atoms with van der Waals surface area (Å²) in [6, 6.07) is 8.76. The number of ether oxygens (including phenoxy) is 1. The Balaban J connectivity index is 1.31. The van der Waals surface area contributed by atoms with Gasteiger partial charge in [0.1, 0.15) is 42.0 Å². The van der Waals surface area contributed by atoms with E-state index in [9.17, 15) is 27.2 Å². The van der Waals surface area contributed by atoms with Crippen molar-refractivity contribution in [2.24, 2.45) is 13.0 Å². The molecule has 2 N–H and O–H groups in total. The fourth-order valence-electron chi connectivity index (χ4n) is 7.63. The van der Waals surface area contributed by atoms with Crippen LogP contribution in [0.1, 0.15) is 59.2 Å². The Hall–Kier alpha value is -6.22. The van der Waals surface area contributed by atoms with E-state index in [1.165, 1.54) is 47.8 Å². The summed E-state index contributed by atoms with van der Waals surface area (Å²) in [4.78, 5) is 46.8. The highest BCUT2D eigenvalue weighted by Gasteiger charge is 2.51. The van der Waals surface area contributed by atoms with E-state index in [0.717, 1.165) is 16.7 Å². The first-order valence-corrected chi connectivity index (χ1v) is 20.4. The van der Waals surface area contributed by atoms with Crippen molar-refractivity contribution in [2.45, 2.75) is 58.2 Å². The Bertz CT molecular complexity index is 2940. The molecule has 1 amide bonds. The molecule has 22 heteroatoms. The van der Waals surface area contributed by atoms with Crippen LogP contribution in [0.2, 0.25) is 5.02 Å². The van der Waals surface area contributed by atoms with Crippen LogP contribution in [0, 0.1) is 24.5 Å². The van der Waals surface area contributed by atoms with Crippen LogP contribution in [-0.4, -0.2) is 56.2 Å². The number of nitrogens with zero attached hydrogens (tertiary/aromatic N) is 9. The maximum Gasteiger partial charge on any atom is 0.292 e. The van der Waals surface area contributed by atoms with Crippen molar-refractivity contribution in [3.63, 3.8) is 0 Å². The van der Waals surface area contributed by atoms with Crippen molar-refractivity contribution in [1.29, 1.82) is 0 Å². The maximum atomic E-state index is 15.5. The van der Waals surface area contributed by atoms with Gasteiger partial charge >= 0.3 is 0 Å². The zero-order valence-electron chi connectivity index (χ0n) is 33.1. The molecule has 1 aliphatic carbocycles. The highest BCUT2D eigenvalue weighted by Crippen LogP contribution is 2.48. The van der Waals surface area contributed by atoms with Gasteiger partial charge in [0, 0.05) is 55.2 Å². The molecule has 62 heavy (non-hydrogen) atoms. The fraction of sp³-hybridized carbons (Fsp3) is 0.300. The number of rotatable bonds is 13. The van der Waals surface area contributed by atoms with E-state index in [2.05, 4.69) is 35.2 Å². The average Bonchev–Trinajstić information content (AvgIpc) is 3.81. The predicted octanol–water partition coefficient (Wildman–Crippen LogP) is 7.48. The topological polar surface area (TPSA) is 160 Å². The molecule has 0 spiro atoms. The van der Waals surface area contributed by atoms with Gasteiger partial charge in [0.2, 0.25) is 11.8 Å². The van der Waals surface area contributed by atoms with E-state index in [0.29, 0.717) is 39.0 Å². The minimum atomic E-state index is -3.60. The average molecular weight is 898 g/mol. The third-order valence-corrected chi connectivity index (χ3v) is 11.0. The van der Waals surface area contributed by atoms with E-state index in [1.807, 2.05) is 0 Å². The summed E-state index contributed by atoms with van der Waals surface area (Å²) < 4.78 is 101. The lowest BCUT2D eigenvalue weighted by atomic mass is 10.0. The van der Waals surface area contributed by atoms with Gasteiger partial charge in [-0.15, -0.1) is 0 Å². The molecule has 0 saturated carbocycles. The van der Waals surface area contributed by atoms with Crippen LogP contribution in [0.3, 0.4) is 0 Å². The number of amides is 1. The Morgan fingerprint density at radius 3 is 2.53 bits per heavy atom. The number of carbonyl (C=O) groups excluding carboxylic acids is 1. The number of benzene rings is 2. The number of fused-ring (bicyclic) bond motifs is 3. The molecule has 7 aromatic rings. The van der Waals surface area contributed by atoms with Crippen LogP contribution in [0.15, 0.2) is 59.5 Å². The number of carbonyl (C=O) groups is 1. The molecular weight excluding hydrogens is 864 g/mol. The van der Waals surface area contributed by atoms with Gasteiger partial charge in [-0.2, -0.15) is 24.0 Å². The van der Waals surface area contributed by atoms with Crippen LogP contribution < -0.4 is 20.3 Å². The van der Waals surface area contributed by atoms with Crippen molar-refractivity contribution in [1.82, 2.24) is 49.4 Å². The Morgan fingerprint density at radius 1 is 1.06 bits per heavy atom. The molecule has 2 atom stereocenters. The Kier molecular flexibility index (Phi) is 11.4. The van der Waals surface area contributed by atoms with Crippen molar-refractivity contribution in [3.8, 4) is 11.6 Å². The number of alkyl halides is 4. The van der Waals surface area contributed by atoms with Crippen molar-refractivity contribution in [3.05, 3.63) is 122 Å². The molecule has 322 valence electrons. The summed E-state index contributed by atoms with van der Waals surface area (Å²) >= 11 is 7.94. The number of aryl methyl sites for hydroxylation is 2. The van der Waals surface area contributed by atoms with Crippen molar-refractivity contribution < 1.29 is 35.9 Å². The van der Waals surface area contributed by atoms with Crippen LogP contribution in [0.4, 0.5) is 32.2 Å². The number of anilines is 1. The summed E-state index contributed by atoms with van der Waals surface area (Å²) in [5.41, 5.74) is -1.76. The van der Waals surface area contributed by atoms with Crippen LogP contribution in [-0.2, 0) is 43.8 Å². The summed E-state index contributed by atoms with van der Waals surface area (Å²) in [6.45, 7) is 1.90. The predicted molar refractivity (Wildman–Crippen MR) is 218 cm³/mol. The molecule has 0 fully saturated rings. The van der Waals surface area contributed by atoms with Gasteiger partial charge in [-0.1, -0.05) is 30.5 Å². The zero-order valence-corrected chi connectivity index (χ0v) is 34.6. The zero-order chi connectivity index (χ0) is 44.2. The lowest BCUT2D eigenvalue weighted by molar-refractivity contribution is -0.123. The molecule has 0 aliphatic heterocycles. The Labute approximate surface area is 356 Å². The normalized spacial score (nSPS) is 15.1. The SMILES string of the molecule is CSNc1nn(C)c2c(-n3c(C(Cc4cc(F)cc(F)c4)NC(=O)Cn4nc(C(F)F)c5c4C(F)(F)C(C)C5)nc4nc(OCc5nccc(C)n5)ccc4c3=O)ccc(Cl)c12. The van der Waals surface area contributed by atoms with E-state index >= 15 is 8.78 Å². The van der Waals surface area contributed by atoms with Gasteiger partial charge in [0.05, 0.1) is 33.0 Å². The van der Waals surface area contributed by atoms with Gasteiger partial charge < -0.3 is 14.8 Å². The number of halogens is 7. The molecule has 5 heterocycles. The first-order valence-electron chi connectivity index (χ1n) is 18.8. The van der Waals surface area contributed by atoms with Gasteiger partial charge in [0.25, 0.3) is 17.9 Å². The highest BCUT2D eigenvalue weighted by atomic mass is 35.5. The van der Waals surface area contributed by atoms with E-state index in [4.69, 9.17) is 21.3 Å². The van der Waals surface area contributed by atoms with Gasteiger partial charge in [-0.25, -0.2) is 32.5 Å². The fourth-order valence-corrected chi connectivity index (χ4v) is 8.20. The quantitative estimate of drug-likeness (QED) is 0.0873. The van der Waals surface area contributed by atoms with Crippen molar-refractivity contribution >= 4 is 57.2 Å². The summed E-state index contributed by atoms with van der Waals surface area (Å²) in [5.74, 6) is -7.44. The minimum Gasteiger partial charge on any atom is -0.469 e. The lowest BCUT2D eigenvalue weighted by Crippen LogP contribution is -2.38. The second-order valence-corrected chi connectivity index (χ2v) is 15.6. The number of nitrogens with one attached hydrogen (secondary N) is 2. The minimum absolute atomic E-state index is 0.00883. The number of hydrogen-bond acceptors (Lipinski definition) is 11. The second kappa shape index (κ2) is 16.6. The summed E-state index contributed by atoms with van der Waals surface area (Å²) in [6.07, 6.45) is -0.708. The number of hydrogen-bond donors (Lipinski definition) is 2. The highest BCUT2D eigenvalue weighted by molar-refractivity contribution is 7.99. The maximum absolute atomic E-state index is 15.5. The third kappa shape index (κ3) is 7.89. The van der Waals surface area contributed by atoms with Crippen LogP contribution in [0.25, 0.3) is 27.6 Å². The first kappa shape index (κ1) is 42.5. The second-order valence-electron chi connectivity index (χ2n) is 14.6. The smallest absolute Gasteiger partial charge is 0.292 e. The van der Waals surface area contributed by atoms with Crippen molar-refractivity contribution in [2.75, 3.05) is 11.0 Å². The standard InChI is InChI=1S/C40H34ClF6N11O3S/c1-18-11-24-32(35(44)45)53-57(34(24)40(18,46)47)16-29(59)50-26(14-20-12-21(42)15-22(43)13-20)38-52-36-23(5-8-30(51-36)61-17-28-48-10-9-19(2)49-28)39(60)58(38)27-7-6-25(41)31-33(27)56(3)54-37(31)55-62-4/h5-10,12-13,15,18,26,35H,11,14,16-17H2,1-4H3,(H,50,59)(H,54,55). The number of aromatic nitrogens is 9. The summed E-state index contributed by atoms with van der Waals surface area (Å²) in [5, 5.41) is 11.6. The molecule has 5 aromatic heterocycles. The van der Waals surface area contributed by atoms with Gasteiger partial charge in [-0.3, -0.25) is 23.5 Å². The largest absolute Gasteiger partial charge is 0.469 e. The van der Waals surface area contributed by atoms with Crippen LogP contribution in [0.5, 0.6) is 5.88 Å². The lowest BCUT2D eigenvalue weighted by Gasteiger charge is -2.24. The first-order chi connectivity index (χ1) is 29.5. The van der Waals surface area contributed by atoms with Gasteiger partial charge in [0.15, 0.2) is 17.3 Å². The molecule has 14 nitrogen and oxygen atoms in total. The van der Waals surface area contributed by atoms with E-state index in [-0.39, 0.29) is 57.6 Å². The molecule has 1 aliphatic rings. The molecular formula is C40H34ClF6N11O3S. The van der Waals surface area contributed by atoms with Crippen LogP contribution >= 0.6 is 23.5 Å². The molecule has 0 bridgehead atoms. The monoisotopic (exact) mass is 897 g/mol. The van der Waals surface area contributed by atoms with Gasteiger partial charge in [-0.05, 0) is 55.3 Å².